The molecule has 1 N–H and O–H groups in total. The zero-order valence-corrected chi connectivity index (χ0v) is 17.9. The third-order valence-corrected chi connectivity index (χ3v) is 5.24. The molecule has 0 aromatic heterocycles. The number of allylic oxidation sites excluding steroid dienone is 3. The molecule has 0 fully saturated rings. The summed E-state index contributed by atoms with van der Waals surface area (Å²) in [5.74, 6) is 0.500. The number of hydrogen-bond acceptors (Lipinski definition) is 1. The zero-order valence-electron chi connectivity index (χ0n) is 17.9. The average Bonchev–Trinajstić information content (AvgIpc) is 2.66. The highest BCUT2D eigenvalue weighted by Crippen LogP contribution is 2.34. The van der Waals surface area contributed by atoms with Crippen molar-refractivity contribution in [3.05, 3.63) is 82.9 Å². The Hall–Kier alpha value is -2.28. The highest BCUT2D eigenvalue weighted by atomic mass is 14.9. The first kappa shape index (κ1) is 21.0. The molecule has 0 amide bonds. The summed E-state index contributed by atoms with van der Waals surface area (Å²) in [5.41, 5.74) is 8.72. The average molecular weight is 362 g/mol. The lowest BCUT2D eigenvalue weighted by Crippen LogP contribution is -2.11. The highest BCUT2D eigenvalue weighted by molar-refractivity contribution is 5.84. The zero-order chi connectivity index (χ0) is 20.0. The van der Waals surface area contributed by atoms with E-state index in [1.165, 1.54) is 33.5 Å². The monoisotopic (exact) mass is 361 g/mol. The molecule has 144 valence electrons. The molecule has 0 radical (unpaired) electrons. The van der Waals surface area contributed by atoms with Crippen molar-refractivity contribution in [2.75, 3.05) is 5.32 Å². The number of hydrogen-bond donors (Lipinski definition) is 1. The van der Waals surface area contributed by atoms with Gasteiger partial charge in [-0.25, -0.2) is 0 Å². The van der Waals surface area contributed by atoms with E-state index in [0.717, 1.165) is 18.4 Å². The Kier molecular flexibility index (Phi) is 7.47. The standard InChI is InChI=1S/C26H35N/c1-8-10-20(6)21(7)24-16-15-23(18(3)4)17-26(24)27-25(9-2)22-13-11-19(5)12-14-22/h10-18,25,27H,7-9H2,1-6H3/b20-10-/t25-/m1/s1. The van der Waals surface area contributed by atoms with Gasteiger partial charge in [0.15, 0.2) is 0 Å². The van der Waals surface area contributed by atoms with Crippen molar-refractivity contribution >= 4 is 11.3 Å². The van der Waals surface area contributed by atoms with Crippen LogP contribution in [0.1, 0.15) is 81.7 Å². The van der Waals surface area contributed by atoms with Crippen LogP contribution < -0.4 is 5.32 Å². The van der Waals surface area contributed by atoms with Crippen molar-refractivity contribution in [1.29, 1.82) is 0 Å². The van der Waals surface area contributed by atoms with Gasteiger partial charge in [-0.1, -0.05) is 82.3 Å². The van der Waals surface area contributed by atoms with Crippen molar-refractivity contribution in [2.24, 2.45) is 0 Å². The van der Waals surface area contributed by atoms with Gasteiger partial charge >= 0.3 is 0 Å². The first-order valence-electron chi connectivity index (χ1n) is 10.2. The Morgan fingerprint density at radius 1 is 1.04 bits per heavy atom. The van der Waals surface area contributed by atoms with Crippen LogP contribution in [0, 0.1) is 6.92 Å². The Labute approximate surface area is 166 Å². The first-order chi connectivity index (χ1) is 12.9. The van der Waals surface area contributed by atoms with Crippen LogP contribution in [0.15, 0.2) is 60.7 Å². The lowest BCUT2D eigenvalue weighted by Gasteiger charge is -2.23. The summed E-state index contributed by atoms with van der Waals surface area (Å²) in [7, 11) is 0. The van der Waals surface area contributed by atoms with Gasteiger partial charge in [0, 0.05) is 11.3 Å². The molecule has 2 rings (SSSR count). The second kappa shape index (κ2) is 9.60. The van der Waals surface area contributed by atoms with Gasteiger partial charge in [0.25, 0.3) is 0 Å². The number of nitrogens with one attached hydrogen (secondary N) is 1. The maximum atomic E-state index is 4.39. The van der Waals surface area contributed by atoms with E-state index in [1.807, 2.05) is 0 Å². The van der Waals surface area contributed by atoms with Gasteiger partial charge in [-0.3, -0.25) is 0 Å². The van der Waals surface area contributed by atoms with Gasteiger partial charge in [-0.05, 0) is 60.9 Å². The highest BCUT2D eigenvalue weighted by Gasteiger charge is 2.15. The molecule has 0 spiro atoms. The predicted molar refractivity (Wildman–Crippen MR) is 121 cm³/mol. The van der Waals surface area contributed by atoms with Gasteiger partial charge in [-0.15, -0.1) is 0 Å². The molecule has 2 aromatic carbocycles. The molecule has 0 aliphatic heterocycles. The molecule has 2 aromatic rings. The van der Waals surface area contributed by atoms with Crippen molar-refractivity contribution in [1.82, 2.24) is 0 Å². The van der Waals surface area contributed by atoms with Gasteiger partial charge in [0.2, 0.25) is 0 Å². The fourth-order valence-electron chi connectivity index (χ4n) is 3.35. The molecule has 27 heavy (non-hydrogen) atoms. The molecule has 1 atom stereocenters. The quantitative estimate of drug-likeness (QED) is 0.469. The molecule has 1 heteroatoms. The van der Waals surface area contributed by atoms with Crippen molar-refractivity contribution < 1.29 is 0 Å². The number of aryl methyl sites for hydroxylation is 1. The van der Waals surface area contributed by atoms with Gasteiger partial charge < -0.3 is 5.32 Å². The van der Waals surface area contributed by atoms with Crippen LogP contribution in [-0.2, 0) is 0 Å². The molecule has 0 heterocycles. The Morgan fingerprint density at radius 2 is 1.67 bits per heavy atom. The van der Waals surface area contributed by atoms with E-state index < -0.39 is 0 Å². The summed E-state index contributed by atoms with van der Waals surface area (Å²) in [6, 6.07) is 15.9. The maximum Gasteiger partial charge on any atom is 0.0511 e. The molecule has 0 bridgehead atoms. The lowest BCUT2D eigenvalue weighted by atomic mass is 9.93. The largest absolute Gasteiger partial charge is 0.378 e. The third-order valence-electron chi connectivity index (χ3n) is 5.24. The molecular formula is C26H35N. The molecule has 0 saturated heterocycles. The molecule has 0 aliphatic carbocycles. The van der Waals surface area contributed by atoms with Crippen LogP contribution in [-0.4, -0.2) is 0 Å². The van der Waals surface area contributed by atoms with E-state index in [1.54, 1.807) is 0 Å². The predicted octanol–water partition coefficient (Wildman–Crippen LogP) is 8.05. The Bertz CT molecular complexity index is 793. The van der Waals surface area contributed by atoms with Crippen molar-refractivity contribution in [2.45, 2.75) is 66.3 Å². The van der Waals surface area contributed by atoms with E-state index in [4.69, 9.17) is 0 Å². The van der Waals surface area contributed by atoms with Crippen molar-refractivity contribution in [3.8, 4) is 0 Å². The number of anilines is 1. The summed E-state index contributed by atoms with van der Waals surface area (Å²) < 4.78 is 0. The summed E-state index contributed by atoms with van der Waals surface area (Å²) in [5, 5.41) is 3.82. The Morgan fingerprint density at radius 3 is 2.22 bits per heavy atom. The van der Waals surface area contributed by atoms with Crippen LogP contribution in [0.4, 0.5) is 5.69 Å². The van der Waals surface area contributed by atoms with E-state index in [0.29, 0.717) is 5.92 Å². The normalized spacial score (nSPS) is 12.9. The minimum Gasteiger partial charge on any atom is -0.378 e. The fraction of sp³-hybridized carbons (Fsp3) is 0.385. The van der Waals surface area contributed by atoms with Crippen LogP contribution >= 0.6 is 0 Å². The minimum atomic E-state index is 0.287. The SMILES string of the molecule is C=C(/C(C)=C\CC)c1ccc(C(C)C)cc1N[C@H](CC)c1ccc(C)cc1. The van der Waals surface area contributed by atoms with Gasteiger partial charge in [-0.2, -0.15) is 0 Å². The first-order valence-corrected chi connectivity index (χ1v) is 10.2. The van der Waals surface area contributed by atoms with E-state index in [9.17, 15) is 0 Å². The summed E-state index contributed by atoms with van der Waals surface area (Å²) >= 11 is 0. The van der Waals surface area contributed by atoms with E-state index in [-0.39, 0.29) is 6.04 Å². The van der Waals surface area contributed by atoms with Crippen LogP contribution in [0.2, 0.25) is 0 Å². The van der Waals surface area contributed by atoms with Gasteiger partial charge in [0.05, 0.1) is 6.04 Å². The van der Waals surface area contributed by atoms with Crippen LogP contribution in [0.5, 0.6) is 0 Å². The lowest BCUT2D eigenvalue weighted by molar-refractivity contribution is 0.748. The van der Waals surface area contributed by atoms with Crippen LogP contribution in [0.3, 0.4) is 0 Å². The molecule has 1 nitrogen and oxygen atoms in total. The second-order valence-electron chi connectivity index (χ2n) is 7.75. The second-order valence-corrected chi connectivity index (χ2v) is 7.75. The topological polar surface area (TPSA) is 12.0 Å². The van der Waals surface area contributed by atoms with E-state index >= 15 is 0 Å². The van der Waals surface area contributed by atoms with Crippen LogP contribution in [0.25, 0.3) is 5.57 Å². The van der Waals surface area contributed by atoms with E-state index in [2.05, 4.69) is 102 Å². The van der Waals surface area contributed by atoms with Gasteiger partial charge in [0.1, 0.15) is 0 Å². The Balaban J connectivity index is 2.44. The molecule has 0 aliphatic rings. The molecular weight excluding hydrogens is 326 g/mol. The molecule has 0 saturated carbocycles. The maximum absolute atomic E-state index is 4.39. The number of benzene rings is 2. The fourth-order valence-corrected chi connectivity index (χ4v) is 3.35. The summed E-state index contributed by atoms with van der Waals surface area (Å²) in [4.78, 5) is 0. The third kappa shape index (κ3) is 5.35. The minimum absolute atomic E-state index is 0.287. The summed E-state index contributed by atoms with van der Waals surface area (Å²) in [6.45, 7) is 17.6. The molecule has 0 unspecified atom stereocenters. The smallest absolute Gasteiger partial charge is 0.0511 e. The van der Waals surface area contributed by atoms with Crippen molar-refractivity contribution in [3.63, 3.8) is 0 Å². The summed E-state index contributed by atoms with van der Waals surface area (Å²) in [6.07, 6.45) is 4.31. The number of rotatable bonds is 8.